The van der Waals surface area contributed by atoms with Crippen molar-refractivity contribution in [1.82, 2.24) is 15.2 Å². The Balaban J connectivity index is 1.88. The Morgan fingerprint density at radius 2 is 2.27 bits per heavy atom. The fraction of sp³-hybridized carbons (Fsp3) is 0.467. The predicted octanol–water partition coefficient (Wildman–Crippen LogP) is 0.817. The number of nitrogens with one attached hydrogen (secondary N) is 2. The van der Waals surface area contributed by atoms with Crippen molar-refractivity contribution in [2.75, 3.05) is 25.0 Å². The van der Waals surface area contributed by atoms with E-state index in [0.717, 1.165) is 6.42 Å². The van der Waals surface area contributed by atoms with E-state index in [1.807, 2.05) is 6.07 Å². The maximum absolute atomic E-state index is 12.0. The largest absolute Gasteiger partial charge is 0.369 e. The lowest BCUT2D eigenvalue weighted by Crippen LogP contribution is -2.59. The van der Waals surface area contributed by atoms with E-state index in [1.54, 1.807) is 12.1 Å². The molecule has 22 heavy (non-hydrogen) atoms. The SMILES string of the molecule is CC(=O)[C@]1(NCCNc2ccc(C#N)cn2)CCCN1C#N. The second-order valence-corrected chi connectivity index (χ2v) is 5.17. The first-order chi connectivity index (χ1) is 10.6. The van der Waals surface area contributed by atoms with Gasteiger partial charge in [-0.05, 0) is 31.9 Å². The first-order valence-corrected chi connectivity index (χ1v) is 7.16. The van der Waals surface area contributed by atoms with Crippen LogP contribution in [-0.4, -0.2) is 41.0 Å². The van der Waals surface area contributed by atoms with E-state index in [-0.39, 0.29) is 5.78 Å². The van der Waals surface area contributed by atoms with Crippen LogP contribution >= 0.6 is 0 Å². The highest BCUT2D eigenvalue weighted by Crippen LogP contribution is 2.26. The molecule has 0 saturated carbocycles. The number of carbonyl (C=O) groups excluding carboxylic acids is 1. The second-order valence-electron chi connectivity index (χ2n) is 5.17. The Bertz CT molecular complexity index is 614. The van der Waals surface area contributed by atoms with Crippen molar-refractivity contribution in [3.8, 4) is 12.3 Å². The molecule has 1 atom stereocenters. The van der Waals surface area contributed by atoms with E-state index < -0.39 is 5.66 Å². The molecule has 0 bridgehead atoms. The van der Waals surface area contributed by atoms with E-state index in [2.05, 4.69) is 21.8 Å². The molecule has 114 valence electrons. The summed E-state index contributed by atoms with van der Waals surface area (Å²) >= 11 is 0. The van der Waals surface area contributed by atoms with Gasteiger partial charge in [0, 0.05) is 25.8 Å². The van der Waals surface area contributed by atoms with Crippen molar-refractivity contribution >= 4 is 11.6 Å². The summed E-state index contributed by atoms with van der Waals surface area (Å²) in [6.45, 7) is 3.21. The van der Waals surface area contributed by atoms with Crippen LogP contribution in [0.3, 0.4) is 0 Å². The van der Waals surface area contributed by atoms with E-state index in [4.69, 9.17) is 10.5 Å². The van der Waals surface area contributed by atoms with Gasteiger partial charge in [-0.2, -0.15) is 10.5 Å². The van der Waals surface area contributed by atoms with Gasteiger partial charge in [0.05, 0.1) is 5.56 Å². The van der Waals surface area contributed by atoms with Crippen molar-refractivity contribution in [3.63, 3.8) is 0 Å². The van der Waals surface area contributed by atoms with Crippen molar-refractivity contribution in [2.24, 2.45) is 0 Å². The molecule has 0 unspecified atom stereocenters. The number of nitriles is 2. The molecule has 7 nitrogen and oxygen atoms in total. The summed E-state index contributed by atoms with van der Waals surface area (Å²) in [4.78, 5) is 17.6. The number of aromatic nitrogens is 1. The summed E-state index contributed by atoms with van der Waals surface area (Å²) in [6, 6.07) is 5.43. The summed E-state index contributed by atoms with van der Waals surface area (Å²) in [7, 11) is 0. The molecule has 0 radical (unpaired) electrons. The molecule has 2 rings (SSSR count). The zero-order chi connectivity index (χ0) is 16.0. The van der Waals surface area contributed by atoms with Crippen LogP contribution in [-0.2, 0) is 4.79 Å². The summed E-state index contributed by atoms with van der Waals surface area (Å²) in [5.41, 5.74) is -0.357. The van der Waals surface area contributed by atoms with Crippen molar-refractivity contribution in [2.45, 2.75) is 25.4 Å². The molecular weight excluding hydrogens is 280 g/mol. The summed E-state index contributed by atoms with van der Waals surface area (Å²) in [5.74, 6) is 0.629. The van der Waals surface area contributed by atoms with Crippen molar-refractivity contribution in [1.29, 1.82) is 10.5 Å². The third kappa shape index (κ3) is 3.16. The number of nitrogens with zero attached hydrogens (tertiary/aromatic N) is 4. The Kier molecular flexibility index (Phi) is 4.92. The van der Waals surface area contributed by atoms with Gasteiger partial charge in [0.15, 0.2) is 17.6 Å². The van der Waals surface area contributed by atoms with E-state index in [1.165, 1.54) is 18.0 Å². The molecule has 1 aliphatic rings. The van der Waals surface area contributed by atoms with Gasteiger partial charge in [-0.3, -0.25) is 15.0 Å². The summed E-state index contributed by atoms with van der Waals surface area (Å²) in [6.07, 6.45) is 5.06. The molecule has 0 amide bonds. The average Bonchev–Trinajstić information content (AvgIpc) is 2.96. The van der Waals surface area contributed by atoms with Gasteiger partial charge in [-0.15, -0.1) is 0 Å². The number of ketones is 1. The van der Waals surface area contributed by atoms with E-state index >= 15 is 0 Å². The lowest BCUT2D eigenvalue weighted by Gasteiger charge is -2.33. The highest BCUT2D eigenvalue weighted by molar-refractivity contribution is 5.86. The molecule has 1 aromatic rings. The van der Waals surface area contributed by atoms with Crippen molar-refractivity contribution in [3.05, 3.63) is 23.9 Å². The number of anilines is 1. The molecule has 0 aliphatic carbocycles. The van der Waals surface area contributed by atoms with Crippen LogP contribution in [0.1, 0.15) is 25.3 Å². The van der Waals surface area contributed by atoms with Gasteiger partial charge >= 0.3 is 0 Å². The third-order valence-electron chi connectivity index (χ3n) is 3.83. The quantitative estimate of drug-likeness (QED) is 0.591. The molecule has 2 N–H and O–H groups in total. The minimum Gasteiger partial charge on any atom is -0.369 e. The Morgan fingerprint density at radius 1 is 1.45 bits per heavy atom. The summed E-state index contributed by atoms with van der Waals surface area (Å²) < 4.78 is 0. The van der Waals surface area contributed by atoms with E-state index in [0.29, 0.717) is 37.4 Å². The molecule has 1 saturated heterocycles. The predicted molar refractivity (Wildman–Crippen MR) is 80.4 cm³/mol. The van der Waals surface area contributed by atoms with Crippen LogP contribution in [0.4, 0.5) is 5.82 Å². The second kappa shape index (κ2) is 6.88. The normalized spacial score (nSPS) is 20.2. The first kappa shape index (κ1) is 15.7. The van der Waals surface area contributed by atoms with Gasteiger partial charge in [0.25, 0.3) is 0 Å². The first-order valence-electron chi connectivity index (χ1n) is 7.16. The van der Waals surface area contributed by atoms with Crippen LogP contribution in [0, 0.1) is 22.8 Å². The lowest BCUT2D eigenvalue weighted by molar-refractivity contribution is -0.127. The number of likely N-dealkylation sites (tertiary alicyclic amines) is 1. The minimum absolute atomic E-state index is 0.0388. The van der Waals surface area contributed by atoms with Crippen LogP contribution in [0.2, 0.25) is 0 Å². The fourth-order valence-corrected chi connectivity index (χ4v) is 2.65. The van der Waals surface area contributed by atoms with Crippen LogP contribution in [0.15, 0.2) is 18.3 Å². The number of rotatable bonds is 6. The van der Waals surface area contributed by atoms with Gasteiger partial charge in [-0.25, -0.2) is 4.98 Å². The van der Waals surface area contributed by atoms with Crippen LogP contribution in [0.5, 0.6) is 0 Å². The van der Waals surface area contributed by atoms with Crippen LogP contribution in [0.25, 0.3) is 0 Å². The maximum Gasteiger partial charge on any atom is 0.181 e. The Hall–Kier alpha value is -2.64. The highest BCUT2D eigenvalue weighted by atomic mass is 16.1. The molecule has 2 heterocycles. The molecule has 1 aromatic heterocycles. The van der Waals surface area contributed by atoms with Crippen LogP contribution < -0.4 is 10.6 Å². The zero-order valence-electron chi connectivity index (χ0n) is 12.5. The van der Waals surface area contributed by atoms with Gasteiger partial charge in [0.1, 0.15) is 11.9 Å². The Morgan fingerprint density at radius 3 is 2.86 bits per heavy atom. The molecular formula is C15H18N6O. The number of hydrogen-bond acceptors (Lipinski definition) is 7. The van der Waals surface area contributed by atoms with Crippen molar-refractivity contribution < 1.29 is 4.79 Å². The molecule has 0 spiro atoms. The number of Topliss-reactive ketones (excluding diaryl/α,β-unsaturated/α-hetero) is 1. The standard InChI is InChI=1S/C15H18N6O/c1-12(22)15(5-2-8-21(15)11-17)20-7-6-18-14-4-3-13(9-16)10-19-14/h3-4,10,20H,2,5-8H2,1H3,(H,18,19)/t15-/m0/s1. The number of pyridine rings is 1. The molecule has 0 aromatic carbocycles. The fourth-order valence-electron chi connectivity index (χ4n) is 2.65. The monoisotopic (exact) mass is 298 g/mol. The summed E-state index contributed by atoms with van der Waals surface area (Å²) in [5, 5.41) is 24.2. The molecule has 7 heteroatoms. The topological polar surface area (TPSA) is 105 Å². The minimum atomic E-state index is -0.867. The van der Waals surface area contributed by atoms with Gasteiger partial charge in [0.2, 0.25) is 0 Å². The zero-order valence-corrected chi connectivity index (χ0v) is 12.5. The smallest absolute Gasteiger partial charge is 0.181 e. The molecule has 1 aliphatic heterocycles. The average molecular weight is 298 g/mol. The van der Waals surface area contributed by atoms with Gasteiger partial charge < -0.3 is 5.32 Å². The lowest BCUT2D eigenvalue weighted by atomic mass is 10.0. The van der Waals surface area contributed by atoms with E-state index in [9.17, 15) is 4.79 Å². The number of hydrogen-bond donors (Lipinski definition) is 2. The number of carbonyl (C=O) groups is 1. The maximum atomic E-state index is 12.0. The highest BCUT2D eigenvalue weighted by Gasteiger charge is 2.44. The molecule has 1 fully saturated rings. The Labute approximate surface area is 129 Å². The van der Waals surface area contributed by atoms with Gasteiger partial charge in [-0.1, -0.05) is 0 Å². The third-order valence-corrected chi connectivity index (χ3v) is 3.83.